The molecule has 0 fully saturated rings. The van der Waals surface area contributed by atoms with Crippen LogP contribution >= 0.6 is 0 Å². The number of likely N-dealkylation sites (N-methyl/N-ethyl adjacent to an activating group) is 1. The van der Waals surface area contributed by atoms with E-state index in [1.54, 1.807) is 21.1 Å². The highest BCUT2D eigenvalue weighted by atomic mass is 16.6. The van der Waals surface area contributed by atoms with E-state index in [1.165, 1.54) is 96.3 Å². The van der Waals surface area contributed by atoms with Gasteiger partial charge in [0.1, 0.15) is 12.6 Å². The third kappa shape index (κ3) is 43.7. The molecule has 8 heteroatoms. The maximum atomic E-state index is 12.8. The summed E-state index contributed by atoms with van der Waals surface area (Å²) in [6, 6.07) is -0.738. The van der Waals surface area contributed by atoms with Crippen molar-refractivity contribution in [1.29, 1.82) is 0 Å². The highest BCUT2D eigenvalue weighted by Gasteiger charge is 2.25. The third-order valence-corrected chi connectivity index (χ3v) is 11.0. The summed E-state index contributed by atoms with van der Waals surface area (Å²) >= 11 is 0. The number of aliphatic carboxylic acids is 1. The van der Waals surface area contributed by atoms with E-state index < -0.39 is 18.1 Å². The molecule has 0 aliphatic carbocycles. The average molecular weight is 894 g/mol. The molecule has 0 aromatic rings. The lowest BCUT2D eigenvalue weighted by Crippen LogP contribution is -2.55. The second kappa shape index (κ2) is 46.1. The number of hydrogen-bond donors (Lipinski definition) is 0. The lowest BCUT2D eigenvalue weighted by Gasteiger charge is -2.34. The molecule has 0 saturated heterocycles. The summed E-state index contributed by atoms with van der Waals surface area (Å²) in [5, 5.41) is 11.7. The molecule has 0 bridgehead atoms. The van der Waals surface area contributed by atoms with Crippen LogP contribution in [0.1, 0.15) is 200 Å². The standard InChI is InChI=1S/C56H95NO7/c1-6-8-10-12-14-16-18-20-22-24-25-26-27-28-29-31-33-35-37-39-41-43-45-47-55(59)64-52(50-62-49-48-53(56(60)61)57(3,4)5)51-63-54(58)46-44-42-40-38-36-34-32-30-23-21-19-17-15-13-11-9-7-2/h8,10,14-17,20-23,32,34,38,40,52-53H,6-7,9,11-13,18-19,24-31,33,35-37,39,41-51H2,1-5H3/b10-8+,16-14+,17-15+,22-20+,23-21+,34-32+,40-38+. The van der Waals surface area contributed by atoms with Crippen molar-refractivity contribution in [1.82, 2.24) is 0 Å². The van der Waals surface area contributed by atoms with E-state index in [4.69, 9.17) is 14.2 Å². The largest absolute Gasteiger partial charge is 0.544 e. The first-order chi connectivity index (χ1) is 31.1. The fourth-order valence-electron chi connectivity index (χ4n) is 7.08. The van der Waals surface area contributed by atoms with E-state index in [0.717, 1.165) is 64.2 Å². The maximum absolute atomic E-state index is 12.8. The molecular weight excluding hydrogens is 799 g/mol. The third-order valence-electron chi connectivity index (χ3n) is 11.0. The molecule has 8 nitrogen and oxygen atoms in total. The Hall–Kier alpha value is -3.49. The monoisotopic (exact) mass is 894 g/mol. The molecule has 64 heavy (non-hydrogen) atoms. The fraction of sp³-hybridized carbons (Fsp3) is 0.696. The van der Waals surface area contributed by atoms with Crippen LogP contribution in [0.2, 0.25) is 0 Å². The SMILES string of the molecule is CC/C=C/C/C=C/C/C=C/CCCCCCCCCCCCCCCC(=O)OC(COCCC(C(=O)[O-])[N+](C)(C)C)COC(=O)CCC/C=C/C/C=C/C/C=C/C/C=C/CCCCC. The number of rotatable bonds is 45. The predicted molar refractivity (Wildman–Crippen MR) is 268 cm³/mol. The molecule has 0 aliphatic heterocycles. The number of esters is 2. The number of hydrogen-bond acceptors (Lipinski definition) is 7. The summed E-state index contributed by atoms with van der Waals surface area (Å²) < 4.78 is 17.2. The van der Waals surface area contributed by atoms with Crippen LogP contribution in [0.25, 0.3) is 0 Å². The quantitative estimate of drug-likeness (QED) is 0.0260. The van der Waals surface area contributed by atoms with Gasteiger partial charge in [0, 0.05) is 19.3 Å². The predicted octanol–water partition coefficient (Wildman–Crippen LogP) is 13.5. The number of carbonyl (C=O) groups is 3. The smallest absolute Gasteiger partial charge is 0.306 e. The summed E-state index contributed by atoms with van der Waals surface area (Å²) in [6.45, 7) is 4.47. The molecule has 2 unspecified atom stereocenters. The van der Waals surface area contributed by atoms with E-state index in [1.807, 2.05) is 0 Å². The molecule has 0 rings (SSSR count). The van der Waals surface area contributed by atoms with Crippen LogP contribution in [-0.4, -0.2) is 75.5 Å². The number of carboxylic acid groups (broad SMARTS) is 1. The number of carbonyl (C=O) groups excluding carboxylic acids is 3. The van der Waals surface area contributed by atoms with Crippen LogP contribution in [0.5, 0.6) is 0 Å². The molecule has 0 N–H and O–H groups in total. The van der Waals surface area contributed by atoms with Crippen LogP contribution in [0.15, 0.2) is 85.1 Å². The van der Waals surface area contributed by atoms with Gasteiger partial charge in [-0.2, -0.15) is 0 Å². The fourth-order valence-corrected chi connectivity index (χ4v) is 7.08. The van der Waals surface area contributed by atoms with Gasteiger partial charge in [0.25, 0.3) is 0 Å². The van der Waals surface area contributed by atoms with Gasteiger partial charge >= 0.3 is 11.9 Å². The number of carboxylic acids is 1. The Bertz CT molecular complexity index is 1320. The van der Waals surface area contributed by atoms with E-state index in [9.17, 15) is 19.5 Å². The molecule has 2 atom stereocenters. The molecule has 0 aromatic heterocycles. The molecule has 366 valence electrons. The number of ether oxygens (including phenoxy) is 3. The van der Waals surface area contributed by atoms with E-state index >= 15 is 0 Å². The summed E-state index contributed by atoms with van der Waals surface area (Å²) in [4.78, 5) is 37.0. The van der Waals surface area contributed by atoms with Crippen LogP contribution in [0.3, 0.4) is 0 Å². The Labute approximate surface area is 393 Å². The number of quaternary nitrogens is 1. The Morgan fingerprint density at radius 1 is 0.484 bits per heavy atom. The van der Waals surface area contributed by atoms with Gasteiger partial charge in [0.15, 0.2) is 6.10 Å². The van der Waals surface area contributed by atoms with Gasteiger partial charge in [-0.15, -0.1) is 0 Å². The molecule has 0 aliphatic rings. The minimum absolute atomic E-state index is 0.0197. The normalized spacial score (nSPS) is 13.6. The number of nitrogens with zero attached hydrogens (tertiary/aromatic N) is 1. The Morgan fingerprint density at radius 3 is 1.34 bits per heavy atom. The van der Waals surface area contributed by atoms with E-state index in [0.29, 0.717) is 12.8 Å². The van der Waals surface area contributed by atoms with Crippen molar-refractivity contribution in [3.63, 3.8) is 0 Å². The van der Waals surface area contributed by atoms with Crippen molar-refractivity contribution in [2.24, 2.45) is 0 Å². The van der Waals surface area contributed by atoms with Gasteiger partial charge in [-0.05, 0) is 83.5 Å². The van der Waals surface area contributed by atoms with Gasteiger partial charge in [0.05, 0.1) is 40.3 Å². The van der Waals surface area contributed by atoms with Crippen LogP contribution in [0, 0.1) is 0 Å². The molecular formula is C56H95NO7. The number of unbranched alkanes of at least 4 members (excludes halogenated alkanes) is 17. The van der Waals surface area contributed by atoms with Gasteiger partial charge in [-0.25, -0.2) is 0 Å². The van der Waals surface area contributed by atoms with Crippen molar-refractivity contribution < 1.29 is 38.2 Å². The second-order valence-corrected chi connectivity index (χ2v) is 18.0. The summed E-state index contributed by atoms with van der Waals surface area (Å²) in [5.74, 6) is -1.81. The maximum Gasteiger partial charge on any atom is 0.306 e. The minimum Gasteiger partial charge on any atom is -0.544 e. The Morgan fingerprint density at radius 2 is 0.891 bits per heavy atom. The summed E-state index contributed by atoms with van der Waals surface area (Å²) in [7, 11) is 5.39. The van der Waals surface area contributed by atoms with Crippen LogP contribution in [0.4, 0.5) is 0 Å². The highest BCUT2D eigenvalue weighted by Crippen LogP contribution is 2.15. The van der Waals surface area contributed by atoms with Crippen LogP contribution < -0.4 is 5.11 Å². The first kappa shape index (κ1) is 60.5. The zero-order chi connectivity index (χ0) is 47.0. The first-order valence-corrected chi connectivity index (χ1v) is 25.6. The Kier molecular flexibility index (Phi) is 43.5. The molecule has 0 heterocycles. The van der Waals surface area contributed by atoms with E-state index in [-0.39, 0.29) is 49.1 Å². The Balaban J connectivity index is 4.30. The minimum atomic E-state index is -1.13. The second-order valence-electron chi connectivity index (χ2n) is 18.0. The van der Waals surface area contributed by atoms with Crippen LogP contribution in [-0.2, 0) is 28.6 Å². The molecule has 0 aromatic carbocycles. The van der Waals surface area contributed by atoms with Gasteiger partial charge in [-0.1, -0.05) is 182 Å². The van der Waals surface area contributed by atoms with Gasteiger partial charge in [-0.3, -0.25) is 9.59 Å². The average Bonchev–Trinajstić information content (AvgIpc) is 3.26. The summed E-state index contributed by atoms with van der Waals surface area (Å²) in [6.07, 6.45) is 60.5. The topological polar surface area (TPSA) is 102 Å². The van der Waals surface area contributed by atoms with Gasteiger partial charge < -0.3 is 28.6 Å². The van der Waals surface area contributed by atoms with E-state index in [2.05, 4.69) is 98.9 Å². The van der Waals surface area contributed by atoms with Crippen molar-refractivity contribution >= 4 is 17.9 Å². The highest BCUT2D eigenvalue weighted by molar-refractivity contribution is 5.70. The molecule has 0 spiro atoms. The molecule has 0 saturated carbocycles. The summed E-state index contributed by atoms with van der Waals surface area (Å²) in [5.41, 5.74) is 0. The van der Waals surface area contributed by atoms with Gasteiger partial charge in [0.2, 0.25) is 0 Å². The lowest BCUT2D eigenvalue weighted by atomic mass is 10.0. The zero-order valence-electron chi connectivity index (χ0n) is 41.7. The van der Waals surface area contributed by atoms with Crippen molar-refractivity contribution in [3.8, 4) is 0 Å². The molecule has 0 radical (unpaired) electrons. The molecule has 0 amide bonds. The number of allylic oxidation sites excluding steroid dienone is 14. The van der Waals surface area contributed by atoms with Crippen molar-refractivity contribution in [2.75, 3.05) is 41.0 Å². The zero-order valence-corrected chi connectivity index (χ0v) is 41.7. The first-order valence-electron chi connectivity index (χ1n) is 25.6. The van der Waals surface area contributed by atoms with Crippen molar-refractivity contribution in [2.45, 2.75) is 212 Å². The van der Waals surface area contributed by atoms with Crippen molar-refractivity contribution in [3.05, 3.63) is 85.1 Å². The lowest BCUT2D eigenvalue weighted by molar-refractivity contribution is -0.889.